The highest BCUT2D eigenvalue weighted by atomic mass is 16.4. The number of aliphatic carboxylic acids is 1. The van der Waals surface area contributed by atoms with Crippen LogP contribution in [0.15, 0.2) is 54.7 Å². The van der Waals surface area contributed by atoms with Crippen molar-refractivity contribution >= 4 is 52.4 Å². The van der Waals surface area contributed by atoms with E-state index < -0.39 is 29.8 Å². The second kappa shape index (κ2) is 12.3. The standard InChI is InChI=1S/C26H25N9O6/c27-20-19-21(35-26(28)34-20)31-12-15(32-19)11-30-14-7-5-13(6-8-14)22(36)33-18(25(40)41)9-10-29-23(37)16-3-1-2-4-17(16)24(38)39/h1-8,12,18,30H,9-11H2,(H,29,37)(H,33,36)(H,38,39)(H,40,41)(H4,27,28,31,34,35)/t18-/m0/s1. The number of hydrogen-bond acceptors (Lipinski definition) is 11. The summed E-state index contributed by atoms with van der Waals surface area (Å²) in [7, 11) is 0. The molecule has 2 aromatic heterocycles. The maximum atomic E-state index is 12.7. The van der Waals surface area contributed by atoms with Crippen LogP contribution in [0.2, 0.25) is 0 Å². The van der Waals surface area contributed by atoms with Crippen LogP contribution in [-0.4, -0.2) is 66.5 Å². The number of nitrogens with one attached hydrogen (secondary N) is 3. The van der Waals surface area contributed by atoms with Gasteiger partial charge in [-0.3, -0.25) is 9.59 Å². The van der Waals surface area contributed by atoms with E-state index in [0.717, 1.165) is 0 Å². The highest BCUT2D eigenvalue weighted by Gasteiger charge is 2.22. The molecule has 1 atom stereocenters. The van der Waals surface area contributed by atoms with Gasteiger partial charge in [-0.15, -0.1) is 0 Å². The number of carbonyl (C=O) groups excluding carboxylic acids is 2. The molecule has 0 unspecified atom stereocenters. The van der Waals surface area contributed by atoms with E-state index in [-0.39, 0.29) is 53.6 Å². The molecule has 4 rings (SSSR count). The number of nitrogens with zero attached hydrogens (tertiary/aromatic N) is 4. The summed E-state index contributed by atoms with van der Waals surface area (Å²) in [5.41, 5.74) is 13.2. The van der Waals surface area contributed by atoms with Crippen molar-refractivity contribution in [3.63, 3.8) is 0 Å². The lowest BCUT2D eigenvalue weighted by atomic mass is 10.1. The summed E-state index contributed by atoms with van der Waals surface area (Å²) in [5, 5.41) is 26.8. The first-order chi connectivity index (χ1) is 19.6. The molecule has 15 heteroatoms. The molecule has 2 aromatic carbocycles. The van der Waals surface area contributed by atoms with E-state index >= 15 is 0 Å². The number of carbonyl (C=O) groups is 4. The normalized spacial score (nSPS) is 11.4. The predicted molar refractivity (Wildman–Crippen MR) is 147 cm³/mol. The van der Waals surface area contributed by atoms with E-state index in [4.69, 9.17) is 11.5 Å². The molecule has 15 nitrogen and oxygen atoms in total. The van der Waals surface area contributed by atoms with Crippen LogP contribution < -0.4 is 27.4 Å². The summed E-state index contributed by atoms with van der Waals surface area (Å²) < 4.78 is 0. The zero-order chi connectivity index (χ0) is 29.5. The number of benzene rings is 2. The molecular weight excluding hydrogens is 534 g/mol. The number of nitrogen functional groups attached to an aromatic ring is 2. The Kier molecular flexibility index (Phi) is 8.47. The third kappa shape index (κ3) is 6.97. The molecule has 4 aromatic rings. The maximum absolute atomic E-state index is 12.7. The third-order valence-electron chi connectivity index (χ3n) is 5.85. The van der Waals surface area contributed by atoms with Crippen molar-refractivity contribution in [2.45, 2.75) is 19.0 Å². The Hall–Kier alpha value is -5.86. The number of carboxylic acid groups (broad SMARTS) is 2. The Morgan fingerprint density at radius 3 is 2.27 bits per heavy atom. The van der Waals surface area contributed by atoms with Crippen LogP contribution in [0.4, 0.5) is 17.5 Å². The molecule has 0 saturated carbocycles. The first-order valence-electron chi connectivity index (χ1n) is 12.1. The van der Waals surface area contributed by atoms with E-state index in [9.17, 15) is 29.4 Å². The summed E-state index contributed by atoms with van der Waals surface area (Å²) in [6.45, 7) is 0.164. The third-order valence-corrected chi connectivity index (χ3v) is 5.85. The van der Waals surface area contributed by atoms with Crippen molar-refractivity contribution in [3.8, 4) is 0 Å². The molecule has 210 valence electrons. The van der Waals surface area contributed by atoms with Crippen LogP contribution in [0.5, 0.6) is 0 Å². The summed E-state index contributed by atoms with van der Waals surface area (Å²) in [6, 6.07) is 10.7. The Bertz CT molecular complexity index is 1630. The quantitative estimate of drug-likeness (QED) is 0.135. The van der Waals surface area contributed by atoms with Gasteiger partial charge >= 0.3 is 11.9 Å². The van der Waals surface area contributed by atoms with Crippen LogP contribution >= 0.6 is 0 Å². The zero-order valence-corrected chi connectivity index (χ0v) is 21.4. The number of amides is 2. The molecule has 0 aliphatic heterocycles. The van der Waals surface area contributed by atoms with Crippen LogP contribution in [0, 0.1) is 0 Å². The number of aromatic nitrogens is 4. The lowest BCUT2D eigenvalue weighted by Gasteiger charge is -2.15. The van der Waals surface area contributed by atoms with Gasteiger partial charge in [0.2, 0.25) is 5.95 Å². The van der Waals surface area contributed by atoms with Gasteiger partial charge < -0.3 is 37.6 Å². The summed E-state index contributed by atoms with van der Waals surface area (Å²) in [4.78, 5) is 64.5. The van der Waals surface area contributed by atoms with Crippen LogP contribution in [0.3, 0.4) is 0 Å². The van der Waals surface area contributed by atoms with E-state index in [2.05, 4.69) is 35.9 Å². The van der Waals surface area contributed by atoms with E-state index in [1.54, 1.807) is 12.1 Å². The first kappa shape index (κ1) is 28.2. The molecule has 0 spiro atoms. The summed E-state index contributed by atoms with van der Waals surface area (Å²) >= 11 is 0. The molecule has 41 heavy (non-hydrogen) atoms. The topological polar surface area (TPSA) is 248 Å². The minimum atomic E-state index is -1.30. The minimum absolute atomic E-state index is 0.000107. The number of anilines is 3. The van der Waals surface area contributed by atoms with Crippen LogP contribution in [0.1, 0.15) is 43.2 Å². The average Bonchev–Trinajstić information content (AvgIpc) is 2.95. The van der Waals surface area contributed by atoms with Gasteiger partial charge in [0, 0.05) is 17.8 Å². The predicted octanol–water partition coefficient (Wildman–Crippen LogP) is 0.898. The number of fused-ring (bicyclic) bond motifs is 1. The maximum Gasteiger partial charge on any atom is 0.336 e. The number of rotatable bonds is 11. The van der Waals surface area contributed by atoms with Crippen molar-refractivity contribution in [2.75, 3.05) is 23.3 Å². The van der Waals surface area contributed by atoms with Crippen LogP contribution in [0.25, 0.3) is 11.2 Å². The van der Waals surface area contributed by atoms with E-state index in [1.807, 2.05) is 0 Å². The molecule has 0 fully saturated rings. The SMILES string of the molecule is Nc1nc(N)c2nc(CNc3ccc(C(=O)N[C@@H](CCNC(=O)c4ccccc4C(=O)O)C(=O)O)cc3)cnc2n1. The van der Waals surface area contributed by atoms with Gasteiger partial charge in [-0.2, -0.15) is 9.97 Å². The summed E-state index contributed by atoms with van der Waals surface area (Å²) in [6.07, 6.45) is 1.39. The highest BCUT2D eigenvalue weighted by molar-refractivity contribution is 6.04. The second-order valence-corrected chi connectivity index (χ2v) is 8.69. The van der Waals surface area contributed by atoms with Gasteiger partial charge in [0.15, 0.2) is 17.0 Å². The molecule has 0 bridgehead atoms. The Morgan fingerprint density at radius 2 is 1.59 bits per heavy atom. The molecule has 9 N–H and O–H groups in total. The fraction of sp³-hybridized carbons (Fsp3) is 0.154. The molecule has 0 saturated heterocycles. The van der Waals surface area contributed by atoms with Crippen molar-refractivity contribution in [1.82, 2.24) is 30.6 Å². The minimum Gasteiger partial charge on any atom is -0.480 e. The largest absolute Gasteiger partial charge is 0.480 e. The van der Waals surface area contributed by atoms with Crippen LogP contribution in [-0.2, 0) is 11.3 Å². The second-order valence-electron chi connectivity index (χ2n) is 8.69. The Morgan fingerprint density at radius 1 is 0.878 bits per heavy atom. The van der Waals surface area contributed by atoms with Crippen molar-refractivity contribution in [3.05, 3.63) is 77.1 Å². The highest BCUT2D eigenvalue weighted by Crippen LogP contribution is 2.16. The zero-order valence-electron chi connectivity index (χ0n) is 21.4. The number of carboxylic acids is 2. The van der Waals surface area contributed by atoms with Gasteiger partial charge in [0.05, 0.1) is 29.6 Å². The molecule has 0 radical (unpaired) electrons. The molecule has 2 heterocycles. The smallest absolute Gasteiger partial charge is 0.336 e. The van der Waals surface area contributed by atoms with Gasteiger partial charge in [-0.1, -0.05) is 12.1 Å². The van der Waals surface area contributed by atoms with E-state index in [0.29, 0.717) is 16.9 Å². The molecule has 0 aliphatic rings. The lowest BCUT2D eigenvalue weighted by molar-refractivity contribution is -0.139. The fourth-order valence-corrected chi connectivity index (χ4v) is 3.79. The van der Waals surface area contributed by atoms with Gasteiger partial charge in [-0.05, 0) is 42.8 Å². The number of hydrogen-bond donors (Lipinski definition) is 7. The first-order valence-corrected chi connectivity index (χ1v) is 12.1. The fourth-order valence-electron chi connectivity index (χ4n) is 3.79. The Balaban J connectivity index is 1.31. The van der Waals surface area contributed by atoms with E-state index in [1.165, 1.54) is 42.6 Å². The van der Waals surface area contributed by atoms with Gasteiger partial charge in [-0.25, -0.2) is 19.6 Å². The molecular formula is C26H25N9O6. The van der Waals surface area contributed by atoms with Crippen molar-refractivity contribution in [1.29, 1.82) is 0 Å². The Labute approximate surface area is 232 Å². The molecule has 2 amide bonds. The number of nitrogens with two attached hydrogens (primary N) is 2. The summed E-state index contributed by atoms with van der Waals surface area (Å²) in [5.74, 6) is -3.73. The monoisotopic (exact) mass is 559 g/mol. The van der Waals surface area contributed by atoms with Crippen molar-refractivity contribution < 1.29 is 29.4 Å². The van der Waals surface area contributed by atoms with Gasteiger partial charge in [0.25, 0.3) is 11.8 Å². The average molecular weight is 560 g/mol. The van der Waals surface area contributed by atoms with Gasteiger partial charge in [0.1, 0.15) is 6.04 Å². The lowest BCUT2D eigenvalue weighted by Crippen LogP contribution is -2.43. The number of aromatic carboxylic acids is 1. The van der Waals surface area contributed by atoms with Crippen molar-refractivity contribution in [2.24, 2.45) is 0 Å². The molecule has 0 aliphatic carbocycles.